The van der Waals surface area contributed by atoms with Crippen molar-refractivity contribution in [2.24, 2.45) is 7.05 Å². The monoisotopic (exact) mass is 516 g/mol. The number of aryl methyl sites for hydroxylation is 2. The first-order chi connectivity index (χ1) is 17.8. The Morgan fingerprint density at radius 1 is 1.14 bits per heavy atom. The summed E-state index contributed by atoms with van der Waals surface area (Å²) in [6.45, 7) is 2.10. The molecule has 0 unspecified atom stereocenters. The third-order valence-electron chi connectivity index (χ3n) is 6.27. The van der Waals surface area contributed by atoms with E-state index in [-0.39, 0.29) is 24.9 Å². The molecule has 0 aliphatic rings. The van der Waals surface area contributed by atoms with Crippen LogP contribution in [0.2, 0.25) is 5.02 Å². The average molecular weight is 517 g/mol. The number of carbonyl (C=O) groups is 2. The lowest BCUT2D eigenvalue weighted by molar-refractivity contribution is -0.137. The fourth-order valence-electron chi connectivity index (χ4n) is 4.28. The third-order valence-corrected chi connectivity index (χ3v) is 6.58. The number of amides is 1. The van der Waals surface area contributed by atoms with Gasteiger partial charge >= 0.3 is 5.97 Å². The van der Waals surface area contributed by atoms with Crippen LogP contribution in [0.25, 0.3) is 33.1 Å². The van der Waals surface area contributed by atoms with Gasteiger partial charge in [-0.25, -0.2) is 0 Å². The number of aromatic nitrogens is 3. The summed E-state index contributed by atoms with van der Waals surface area (Å²) in [6.07, 6.45) is 2.39. The number of H-pyrrole nitrogens is 1. The van der Waals surface area contributed by atoms with E-state index in [1.54, 1.807) is 18.2 Å². The van der Waals surface area contributed by atoms with Crippen molar-refractivity contribution in [2.45, 2.75) is 19.8 Å². The van der Waals surface area contributed by atoms with E-state index < -0.39 is 5.97 Å². The molecule has 0 spiro atoms. The van der Waals surface area contributed by atoms with Crippen LogP contribution in [0.15, 0.2) is 60.8 Å². The SMILES string of the molecule is Cc1ccc(Oc2nc3cc(-c4ccc5c(ccn5C)c4)c(Cl)cc3[nH]2)cc1C(=O)NCCCC(=O)O. The molecule has 0 fully saturated rings. The quantitative estimate of drug-likeness (QED) is 0.217. The van der Waals surface area contributed by atoms with Gasteiger partial charge in [-0.3, -0.25) is 9.59 Å². The fourth-order valence-corrected chi connectivity index (χ4v) is 4.56. The first-order valence-corrected chi connectivity index (χ1v) is 12.2. The topological polar surface area (TPSA) is 109 Å². The Morgan fingerprint density at radius 3 is 2.78 bits per heavy atom. The van der Waals surface area contributed by atoms with Crippen molar-refractivity contribution in [1.82, 2.24) is 19.9 Å². The number of hydrogen-bond donors (Lipinski definition) is 3. The van der Waals surface area contributed by atoms with Gasteiger partial charge in [0.05, 0.1) is 16.1 Å². The zero-order valence-corrected chi connectivity index (χ0v) is 21.1. The zero-order chi connectivity index (χ0) is 26.1. The lowest BCUT2D eigenvalue weighted by atomic mass is 10.0. The molecule has 0 saturated heterocycles. The summed E-state index contributed by atoms with van der Waals surface area (Å²) < 4.78 is 8.01. The summed E-state index contributed by atoms with van der Waals surface area (Å²) in [4.78, 5) is 31.0. The first kappa shape index (κ1) is 24.4. The summed E-state index contributed by atoms with van der Waals surface area (Å²) in [5.41, 5.74) is 5.66. The summed E-state index contributed by atoms with van der Waals surface area (Å²) >= 11 is 6.64. The molecule has 188 valence electrons. The molecule has 37 heavy (non-hydrogen) atoms. The minimum absolute atomic E-state index is 0.00105. The van der Waals surface area contributed by atoms with Crippen molar-refractivity contribution in [3.63, 3.8) is 0 Å². The molecule has 1 amide bonds. The summed E-state index contributed by atoms with van der Waals surface area (Å²) in [7, 11) is 2.01. The number of nitrogens with one attached hydrogen (secondary N) is 2. The smallest absolute Gasteiger partial charge is 0.303 e. The third kappa shape index (κ3) is 5.15. The summed E-state index contributed by atoms with van der Waals surface area (Å²) in [5.74, 6) is -0.733. The van der Waals surface area contributed by atoms with Gasteiger partial charge in [-0.2, -0.15) is 4.98 Å². The second-order valence-electron chi connectivity index (χ2n) is 8.92. The van der Waals surface area contributed by atoms with Crippen molar-refractivity contribution in [3.8, 4) is 22.9 Å². The van der Waals surface area contributed by atoms with Gasteiger partial charge in [0.15, 0.2) is 0 Å². The molecule has 9 heteroatoms. The van der Waals surface area contributed by atoms with Gasteiger partial charge in [0.2, 0.25) is 0 Å². The molecule has 0 atom stereocenters. The number of hydrogen-bond acceptors (Lipinski definition) is 4. The van der Waals surface area contributed by atoms with Crippen LogP contribution in [0.4, 0.5) is 0 Å². The van der Waals surface area contributed by atoms with E-state index in [1.807, 2.05) is 38.4 Å². The van der Waals surface area contributed by atoms with Gasteiger partial charge in [0.25, 0.3) is 11.9 Å². The number of nitrogens with zero attached hydrogens (tertiary/aromatic N) is 2. The highest BCUT2D eigenvalue weighted by Gasteiger charge is 2.14. The van der Waals surface area contributed by atoms with Gasteiger partial charge in [0, 0.05) is 48.2 Å². The van der Waals surface area contributed by atoms with Crippen LogP contribution in [0, 0.1) is 6.92 Å². The molecule has 0 bridgehead atoms. The van der Waals surface area contributed by atoms with E-state index >= 15 is 0 Å². The number of aliphatic carboxylic acids is 1. The van der Waals surface area contributed by atoms with Crippen LogP contribution >= 0.6 is 11.6 Å². The lowest BCUT2D eigenvalue weighted by Crippen LogP contribution is -2.25. The van der Waals surface area contributed by atoms with Crippen LogP contribution in [0.1, 0.15) is 28.8 Å². The minimum Gasteiger partial charge on any atom is -0.481 e. The molecule has 0 aliphatic heterocycles. The van der Waals surface area contributed by atoms with Gasteiger partial charge in [-0.1, -0.05) is 23.7 Å². The van der Waals surface area contributed by atoms with Crippen molar-refractivity contribution < 1.29 is 19.4 Å². The zero-order valence-electron chi connectivity index (χ0n) is 20.3. The molecule has 8 nitrogen and oxygen atoms in total. The summed E-state index contributed by atoms with van der Waals surface area (Å²) in [6, 6.07) is 17.5. The maximum Gasteiger partial charge on any atom is 0.303 e. The van der Waals surface area contributed by atoms with E-state index in [9.17, 15) is 9.59 Å². The standard InChI is InChI=1S/C28H25ClN4O4/c1-16-5-7-19(13-20(16)27(36)30-10-3-4-26(34)35)37-28-31-23-14-21(22(29)15-24(23)32-28)17-6-8-25-18(12-17)9-11-33(25)2/h5-9,11-15H,3-4,10H2,1-2H3,(H,30,36)(H,31,32)(H,34,35). The van der Waals surface area contributed by atoms with E-state index in [0.29, 0.717) is 28.3 Å². The van der Waals surface area contributed by atoms with Gasteiger partial charge < -0.3 is 24.7 Å². The van der Waals surface area contributed by atoms with Gasteiger partial charge in [0.1, 0.15) is 5.75 Å². The summed E-state index contributed by atoms with van der Waals surface area (Å²) in [5, 5.41) is 13.2. The van der Waals surface area contributed by atoms with Crippen LogP contribution in [-0.2, 0) is 11.8 Å². The highest BCUT2D eigenvalue weighted by atomic mass is 35.5. The molecule has 3 N–H and O–H groups in total. The van der Waals surface area contributed by atoms with Crippen molar-refractivity contribution in [3.05, 3.63) is 76.9 Å². The molecule has 0 saturated carbocycles. The molecule has 0 radical (unpaired) electrons. The number of aromatic amines is 1. The van der Waals surface area contributed by atoms with E-state index in [2.05, 4.69) is 38.1 Å². The largest absolute Gasteiger partial charge is 0.481 e. The second kappa shape index (κ2) is 9.99. The van der Waals surface area contributed by atoms with E-state index in [4.69, 9.17) is 21.4 Å². The van der Waals surface area contributed by atoms with Crippen molar-refractivity contribution in [1.29, 1.82) is 0 Å². The Hall–Kier alpha value is -4.30. The number of rotatable bonds is 8. The van der Waals surface area contributed by atoms with Crippen LogP contribution in [0.3, 0.4) is 0 Å². The van der Waals surface area contributed by atoms with Gasteiger partial charge in [-0.15, -0.1) is 0 Å². The number of imidazole rings is 1. The Balaban J connectivity index is 1.37. The molecular formula is C28H25ClN4O4. The molecule has 0 aliphatic carbocycles. The number of carboxylic acid groups (broad SMARTS) is 1. The van der Waals surface area contributed by atoms with Gasteiger partial charge in [-0.05, 0) is 66.9 Å². The molecule has 5 rings (SSSR count). The molecule has 3 aromatic carbocycles. The Bertz CT molecular complexity index is 1650. The van der Waals surface area contributed by atoms with Crippen molar-refractivity contribution >= 4 is 45.4 Å². The van der Waals surface area contributed by atoms with Crippen LogP contribution in [0.5, 0.6) is 11.8 Å². The number of fused-ring (bicyclic) bond motifs is 2. The van der Waals surface area contributed by atoms with Crippen molar-refractivity contribution in [2.75, 3.05) is 6.54 Å². The van der Waals surface area contributed by atoms with E-state index in [1.165, 1.54) is 0 Å². The molecule has 2 aromatic heterocycles. The number of carbonyl (C=O) groups excluding carboxylic acids is 1. The molecule has 5 aromatic rings. The number of halogens is 1. The predicted octanol–water partition coefficient (Wildman–Crippen LogP) is 6.07. The normalized spacial score (nSPS) is 11.2. The predicted molar refractivity (Wildman–Crippen MR) is 143 cm³/mol. The number of ether oxygens (including phenoxy) is 1. The number of benzene rings is 3. The fraction of sp³-hybridized carbons (Fsp3) is 0.179. The lowest BCUT2D eigenvalue weighted by Gasteiger charge is -2.09. The van der Waals surface area contributed by atoms with Crippen LogP contribution < -0.4 is 10.1 Å². The Morgan fingerprint density at radius 2 is 1.97 bits per heavy atom. The molecular weight excluding hydrogens is 492 g/mol. The number of carboxylic acids is 1. The highest BCUT2D eigenvalue weighted by molar-refractivity contribution is 6.34. The van der Waals surface area contributed by atoms with E-state index in [0.717, 1.165) is 33.1 Å². The maximum absolute atomic E-state index is 12.6. The Kier molecular flexibility index (Phi) is 6.58. The second-order valence-corrected chi connectivity index (χ2v) is 9.33. The Labute approximate surface area is 217 Å². The minimum atomic E-state index is -0.891. The molecule has 2 heterocycles. The maximum atomic E-state index is 12.6. The first-order valence-electron chi connectivity index (χ1n) is 11.8. The van der Waals surface area contributed by atoms with Crippen LogP contribution in [-0.4, -0.2) is 38.1 Å². The average Bonchev–Trinajstić information content (AvgIpc) is 3.43. The highest BCUT2D eigenvalue weighted by Crippen LogP contribution is 2.34.